The highest BCUT2D eigenvalue weighted by Crippen LogP contribution is 2.21. The van der Waals surface area contributed by atoms with E-state index in [9.17, 15) is 4.79 Å². The number of isocyanates is 1. The highest BCUT2D eigenvalue weighted by molar-refractivity contribution is 5.32. The molecule has 0 spiro atoms. The van der Waals surface area contributed by atoms with Crippen molar-refractivity contribution >= 4 is 6.08 Å². The molecule has 2 nitrogen and oxygen atoms in total. The second-order valence-corrected chi connectivity index (χ2v) is 4.14. The van der Waals surface area contributed by atoms with E-state index in [-0.39, 0.29) is 0 Å². The van der Waals surface area contributed by atoms with E-state index in [0.717, 1.165) is 5.92 Å². The first kappa shape index (κ1) is 12.4. The molecule has 2 heteroatoms. The summed E-state index contributed by atoms with van der Waals surface area (Å²) in [6, 6.07) is 0. The first-order valence-corrected chi connectivity index (χ1v) is 5.15. The van der Waals surface area contributed by atoms with Crippen LogP contribution in [0.2, 0.25) is 0 Å². The summed E-state index contributed by atoms with van der Waals surface area (Å²) in [4.78, 5) is 13.5. The van der Waals surface area contributed by atoms with Crippen molar-refractivity contribution < 1.29 is 4.79 Å². The van der Waals surface area contributed by atoms with Crippen molar-refractivity contribution in [1.82, 2.24) is 0 Å². The Bertz CT molecular complexity index is 173. The van der Waals surface area contributed by atoms with Crippen LogP contribution in [0.3, 0.4) is 0 Å². The Morgan fingerprint density at radius 2 is 1.85 bits per heavy atom. The number of hydrogen-bond donors (Lipinski definition) is 0. The van der Waals surface area contributed by atoms with Gasteiger partial charge in [0.15, 0.2) is 0 Å². The Labute approximate surface area is 81.4 Å². The van der Waals surface area contributed by atoms with Gasteiger partial charge >= 0.3 is 0 Å². The molecule has 3 atom stereocenters. The fourth-order valence-corrected chi connectivity index (χ4v) is 1.39. The molecule has 0 aromatic carbocycles. The van der Waals surface area contributed by atoms with Gasteiger partial charge in [-0.1, -0.05) is 34.1 Å². The van der Waals surface area contributed by atoms with Crippen molar-refractivity contribution in [1.29, 1.82) is 0 Å². The van der Waals surface area contributed by atoms with E-state index >= 15 is 0 Å². The highest BCUT2D eigenvalue weighted by Gasteiger charge is 2.14. The fraction of sp³-hybridized carbons (Fsp3) is 0.909. The van der Waals surface area contributed by atoms with Gasteiger partial charge in [-0.25, -0.2) is 9.79 Å². The van der Waals surface area contributed by atoms with Gasteiger partial charge in [0.05, 0.1) is 6.54 Å². The molecule has 0 saturated heterocycles. The summed E-state index contributed by atoms with van der Waals surface area (Å²) in [5, 5.41) is 0. The van der Waals surface area contributed by atoms with Gasteiger partial charge < -0.3 is 0 Å². The summed E-state index contributed by atoms with van der Waals surface area (Å²) in [5.41, 5.74) is 0. The van der Waals surface area contributed by atoms with Crippen molar-refractivity contribution in [3.8, 4) is 0 Å². The third-order valence-electron chi connectivity index (χ3n) is 2.89. The summed E-state index contributed by atoms with van der Waals surface area (Å²) in [6.45, 7) is 9.49. The van der Waals surface area contributed by atoms with Gasteiger partial charge in [-0.3, -0.25) is 0 Å². The quantitative estimate of drug-likeness (QED) is 0.459. The van der Waals surface area contributed by atoms with Crippen molar-refractivity contribution in [3.63, 3.8) is 0 Å². The van der Waals surface area contributed by atoms with E-state index in [4.69, 9.17) is 0 Å². The van der Waals surface area contributed by atoms with Crippen LogP contribution in [0, 0.1) is 17.8 Å². The molecule has 76 valence electrons. The van der Waals surface area contributed by atoms with Gasteiger partial charge in [0.2, 0.25) is 6.08 Å². The van der Waals surface area contributed by atoms with E-state index in [1.807, 2.05) is 0 Å². The zero-order valence-electron chi connectivity index (χ0n) is 9.21. The van der Waals surface area contributed by atoms with Crippen LogP contribution < -0.4 is 0 Å². The van der Waals surface area contributed by atoms with Crippen LogP contribution >= 0.6 is 0 Å². The summed E-state index contributed by atoms with van der Waals surface area (Å²) in [6.07, 6.45) is 4.05. The molecule has 0 aromatic rings. The Hall–Kier alpha value is -0.620. The van der Waals surface area contributed by atoms with Gasteiger partial charge in [0.25, 0.3) is 0 Å². The van der Waals surface area contributed by atoms with Crippen molar-refractivity contribution in [3.05, 3.63) is 0 Å². The number of rotatable bonds is 6. The van der Waals surface area contributed by atoms with Crippen LogP contribution in [-0.4, -0.2) is 12.6 Å². The highest BCUT2D eigenvalue weighted by atomic mass is 16.1. The Morgan fingerprint density at radius 3 is 2.31 bits per heavy atom. The molecule has 0 aliphatic heterocycles. The lowest BCUT2D eigenvalue weighted by atomic mass is 9.86. The molecule has 0 rings (SSSR count). The number of carbonyl (C=O) groups excluding carboxylic acids is 1. The summed E-state index contributed by atoms with van der Waals surface area (Å²) in [5.74, 6) is 1.92. The van der Waals surface area contributed by atoms with E-state index in [0.29, 0.717) is 18.4 Å². The molecule has 0 aliphatic rings. The largest absolute Gasteiger partial charge is 0.234 e. The third kappa shape index (κ3) is 5.59. The lowest BCUT2D eigenvalue weighted by Gasteiger charge is -2.20. The molecule has 0 amide bonds. The minimum absolute atomic E-state index is 0.496. The lowest BCUT2D eigenvalue weighted by Crippen LogP contribution is -2.14. The molecule has 0 radical (unpaired) electrons. The summed E-state index contributed by atoms with van der Waals surface area (Å²) in [7, 11) is 0. The molecule has 13 heavy (non-hydrogen) atoms. The number of nitrogens with zero attached hydrogens (tertiary/aromatic N) is 1. The van der Waals surface area contributed by atoms with E-state index < -0.39 is 0 Å². The van der Waals surface area contributed by atoms with Gasteiger partial charge in [-0.05, 0) is 24.2 Å². The van der Waals surface area contributed by atoms with Gasteiger partial charge in [0.1, 0.15) is 0 Å². The van der Waals surface area contributed by atoms with Crippen LogP contribution in [0.4, 0.5) is 0 Å². The molecular formula is C11H21NO. The third-order valence-corrected chi connectivity index (χ3v) is 2.89. The maximum Gasteiger partial charge on any atom is 0.234 e. The fourth-order valence-electron chi connectivity index (χ4n) is 1.39. The smallest absolute Gasteiger partial charge is 0.211 e. The Balaban J connectivity index is 3.80. The van der Waals surface area contributed by atoms with Crippen LogP contribution in [0.1, 0.15) is 40.5 Å². The summed E-state index contributed by atoms with van der Waals surface area (Å²) >= 11 is 0. The van der Waals surface area contributed by atoms with Gasteiger partial charge in [0, 0.05) is 0 Å². The van der Waals surface area contributed by atoms with Crippen molar-refractivity contribution in [2.75, 3.05) is 6.54 Å². The normalized spacial score (nSPS) is 17.2. The number of hydrogen-bond acceptors (Lipinski definition) is 2. The SMILES string of the molecule is CCC(C)CC(C)[C@H](C)CN=C=O. The Kier molecular flexibility index (Phi) is 6.52. The minimum atomic E-state index is 0.496. The monoisotopic (exact) mass is 183 g/mol. The standard InChI is InChI=1S/C11H21NO/c1-5-9(2)6-10(3)11(4)7-12-8-13/h9-11H,5-7H2,1-4H3/t9?,10?,11-/m1/s1. The maximum atomic E-state index is 9.92. The zero-order valence-corrected chi connectivity index (χ0v) is 9.21. The molecule has 0 aliphatic carbocycles. The minimum Gasteiger partial charge on any atom is -0.211 e. The predicted molar refractivity (Wildman–Crippen MR) is 55.4 cm³/mol. The van der Waals surface area contributed by atoms with E-state index in [2.05, 4.69) is 32.7 Å². The van der Waals surface area contributed by atoms with Crippen LogP contribution in [0.25, 0.3) is 0 Å². The van der Waals surface area contributed by atoms with Crippen LogP contribution in [-0.2, 0) is 4.79 Å². The lowest BCUT2D eigenvalue weighted by molar-refractivity contribution is 0.315. The topological polar surface area (TPSA) is 29.4 Å². The summed E-state index contributed by atoms with van der Waals surface area (Å²) < 4.78 is 0. The van der Waals surface area contributed by atoms with Crippen LogP contribution in [0.5, 0.6) is 0 Å². The zero-order chi connectivity index (χ0) is 10.3. The molecule has 0 N–H and O–H groups in total. The average molecular weight is 183 g/mol. The van der Waals surface area contributed by atoms with Crippen molar-refractivity contribution in [2.45, 2.75) is 40.5 Å². The van der Waals surface area contributed by atoms with E-state index in [1.54, 1.807) is 6.08 Å². The predicted octanol–water partition coefficient (Wildman–Crippen LogP) is 3.03. The van der Waals surface area contributed by atoms with Gasteiger partial charge in [-0.2, -0.15) is 0 Å². The molecule has 0 bridgehead atoms. The molecule has 0 saturated carbocycles. The average Bonchev–Trinajstić information content (AvgIpc) is 2.13. The maximum absolute atomic E-state index is 9.92. The molecule has 0 fully saturated rings. The molecule has 0 heterocycles. The van der Waals surface area contributed by atoms with Gasteiger partial charge in [-0.15, -0.1) is 0 Å². The van der Waals surface area contributed by atoms with Crippen LogP contribution in [0.15, 0.2) is 4.99 Å². The second-order valence-electron chi connectivity index (χ2n) is 4.14. The first-order valence-electron chi connectivity index (χ1n) is 5.15. The molecule has 2 unspecified atom stereocenters. The van der Waals surface area contributed by atoms with E-state index in [1.165, 1.54) is 12.8 Å². The van der Waals surface area contributed by atoms with Crippen molar-refractivity contribution in [2.24, 2.45) is 22.7 Å². The molecular weight excluding hydrogens is 162 g/mol. The Morgan fingerprint density at radius 1 is 1.23 bits per heavy atom. The second kappa shape index (κ2) is 6.85. The first-order chi connectivity index (χ1) is 6.11. The number of aliphatic imine (C=N–C) groups is 1. The molecule has 0 aromatic heterocycles.